The largest absolute Gasteiger partial charge is 0.479 e. The van der Waals surface area contributed by atoms with Crippen LogP contribution in [0.25, 0.3) is 10.4 Å². The van der Waals surface area contributed by atoms with Crippen molar-refractivity contribution in [3.05, 3.63) is 69.6 Å². The van der Waals surface area contributed by atoms with E-state index in [0.717, 1.165) is 23.5 Å². The maximum atomic E-state index is 13.0. The number of carbonyl (C=O) groups excluding carboxylic acids is 1. The van der Waals surface area contributed by atoms with E-state index in [0.29, 0.717) is 29.0 Å². The van der Waals surface area contributed by atoms with Crippen molar-refractivity contribution in [1.82, 2.24) is 4.31 Å². The number of aliphatic carboxylic acids is 1. The minimum atomic E-state index is -4.56. The highest BCUT2D eigenvalue weighted by molar-refractivity contribution is 7.88. The maximum absolute atomic E-state index is 13.0. The van der Waals surface area contributed by atoms with Crippen molar-refractivity contribution in [1.29, 1.82) is 0 Å². The number of alkyl halides is 3. The summed E-state index contributed by atoms with van der Waals surface area (Å²) in [6, 6.07) is 11.4. The highest BCUT2D eigenvalue weighted by Gasteiger charge is 2.32. The summed E-state index contributed by atoms with van der Waals surface area (Å²) in [5, 5.41) is 12.4. The maximum Gasteiger partial charge on any atom is 0.416 e. The standard InChI is InChI=1S/C27H26ClF3N2O7S2/c1-39-26(36)25-23(40-14-21(34)35)22(28)24(41-25)17-5-3-7-20(13-17)32-19-8-10-33(11-9-19)42(37,38)15-16-4-2-6-18(12-16)27(29,30)31/h2-7,12-13,19,32H,8-11,14-15H2,1H3,(H,34,35). The quantitative estimate of drug-likeness (QED) is 0.267. The zero-order valence-corrected chi connectivity index (χ0v) is 24.5. The topological polar surface area (TPSA) is 122 Å². The second-order valence-corrected chi connectivity index (χ2v) is 12.8. The number of halogens is 4. The molecule has 42 heavy (non-hydrogen) atoms. The van der Waals surface area contributed by atoms with E-state index in [-0.39, 0.29) is 40.3 Å². The van der Waals surface area contributed by atoms with E-state index in [1.165, 1.54) is 23.5 Å². The molecule has 15 heteroatoms. The Labute approximate surface area is 248 Å². The van der Waals surface area contributed by atoms with E-state index >= 15 is 0 Å². The molecular formula is C27H26ClF3N2O7S2. The van der Waals surface area contributed by atoms with Gasteiger partial charge in [0.2, 0.25) is 10.0 Å². The van der Waals surface area contributed by atoms with Gasteiger partial charge in [0.15, 0.2) is 17.2 Å². The Morgan fingerprint density at radius 1 is 1.14 bits per heavy atom. The lowest BCUT2D eigenvalue weighted by Crippen LogP contribution is -2.42. The van der Waals surface area contributed by atoms with E-state index in [4.69, 9.17) is 26.2 Å². The van der Waals surface area contributed by atoms with Gasteiger partial charge in [-0.3, -0.25) is 0 Å². The van der Waals surface area contributed by atoms with Crippen LogP contribution in [-0.4, -0.2) is 62.6 Å². The Kier molecular flexibility index (Phi) is 9.70. The van der Waals surface area contributed by atoms with Gasteiger partial charge in [0.05, 0.1) is 23.3 Å². The first kappa shape index (κ1) is 31.6. The number of piperidine rings is 1. The molecule has 0 spiro atoms. The predicted molar refractivity (Wildman–Crippen MR) is 152 cm³/mol. The number of hydrogen-bond donors (Lipinski definition) is 2. The number of carbonyl (C=O) groups is 2. The number of methoxy groups -OCH3 is 1. The third kappa shape index (κ3) is 7.54. The molecule has 1 aromatic heterocycles. The Morgan fingerprint density at radius 3 is 2.48 bits per heavy atom. The molecule has 0 saturated carbocycles. The summed E-state index contributed by atoms with van der Waals surface area (Å²) >= 11 is 7.48. The zero-order valence-electron chi connectivity index (χ0n) is 22.1. The van der Waals surface area contributed by atoms with Crippen LogP contribution in [0.4, 0.5) is 18.9 Å². The SMILES string of the molecule is COC(=O)c1sc(-c2cccc(NC3CCN(S(=O)(=O)Cc4cccc(C(F)(F)F)c4)CC3)c2)c(Cl)c1OCC(=O)O. The lowest BCUT2D eigenvalue weighted by Gasteiger charge is -2.32. The van der Waals surface area contributed by atoms with Crippen molar-refractivity contribution in [3.63, 3.8) is 0 Å². The van der Waals surface area contributed by atoms with Gasteiger partial charge >= 0.3 is 18.1 Å². The van der Waals surface area contributed by atoms with Gasteiger partial charge in [-0.1, -0.05) is 41.9 Å². The summed E-state index contributed by atoms with van der Waals surface area (Å²) in [4.78, 5) is 23.7. The average Bonchev–Trinajstić information content (AvgIpc) is 3.27. The van der Waals surface area contributed by atoms with Crippen molar-refractivity contribution in [2.24, 2.45) is 0 Å². The van der Waals surface area contributed by atoms with Crippen molar-refractivity contribution in [3.8, 4) is 16.2 Å². The molecule has 0 amide bonds. The second-order valence-electron chi connectivity index (χ2n) is 9.43. The summed E-state index contributed by atoms with van der Waals surface area (Å²) < 4.78 is 76.3. The predicted octanol–water partition coefficient (Wildman–Crippen LogP) is 5.74. The number of rotatable bonds is 10. The number of benzene rings is 2. The average molecular weight is 647 g/mol. The molecule has 0 bridgehead atoms. The summed E-state index contributed by atoms with van der Waals surface area (Å²) in [6.45, 7) is -0.305. The van der Waals surface area contributed by atoms with E-state index in [2.05, 4.69) is 5.32 Å². The number of sulfonamides is 1. The Hall–Kier alpha value is -3.33. The molecular weight excluding hydrogens is 621 g/mol. The number of ether oxygens (including phenoxy) is 2. The first-order valence-electron chi connectivity index (χ1n) is 12.5. The minimum Gasteiger partial charge on any atom is -0.479 e. The number of esters is 1. The molecule has 2 N–H and O–H groups in total. The van der Waals surface area contributed by atoms with Crippen LogP contribution < -0.4 is 10.1 Å². The van der Waals surface area contributed by atoms with Crippen molar-refractivity contribution >= 4 is 50.6 Å². The van der Waals surface area contributed by atoms with Crippen LogP contribution in [0, 0.1) is 0 Å². The molecule has 0 radical (unpaired) electrons. The van der Waals surface area contributed by atoms with Gasteiger partial charge in [0.1, 0.15) is 5.02 Å². The number of carboxylic acid groups (broad SMARTS) is 1. The Morgan fingerprint density at radius 2 is 1.83 bits per heavy atom. The first-order chi connectivity index (χ1) is 19.8. The van der Waals surface area contributed by atoms with Gasteiger partial charge in [-0.05, 0) is 42.2 Å². The summed E-state index contributed by atoms with van der Waals surface area (Å²) in [5.41, 5.74) is 0.511. The number of hydrogen-bond acceptors (Lipinski definition) is 8. The van der Waals surface area contributed by atoms with Crippen LogP contribution in [-0.2, 0) is 31.5 Å². The molecule has 4 rings (SSSR count). The number of thiophene rings is 1. The second kappa shape index (κ2) is 12.9. The number of nitrogens with one attached hydrogen (secondary N) is 1. The Balaban J connectivity index is 1.43. The normalized spacial score (nSPS) is 14.9. The lowest BCUT2D eigenvalue weighted by molar-refractivity contribution is -0.139. The fourth-order valence-electron chi connectivity index (χ4n) is 4.48. The molecule has 1 fully saturated rings. The molecule has 1 saturated heterocycles. The number of nitrogens with zero attached hydrogens (tertiary/aromatic N) is 1. The molecule has 226 valence electrons. The molecule has 2 heterocycles. The molecule has 0 atom stereocenters. The van der Waals surface area contributed by atoms with Crippen LogP contribution in [0.1, 0.15) is 33.6 Å². The van der Waals surface area contributed by atoms with Gasteiger partial charge in [0.25, 0.3) is 0 Å². The highest BCUT2D eigenvalue weighted by Crippen LogP contribution is 2.46. The van der Waals surface area contributed by atoms with Crippen LogP contribution in [0.2, 0.25) is 5.02 Å². The van der Waals surface area contributed by atoms with Crippen molar-refractivity contribution in [2.45, 2.75) is 30.8 Å². The van der Waals surface area contributed by atoms with Crippen LogP contribution >= 0.6 is 22.9 Å². The zero-order chi connectivity index (χ0) is 30.7. The van der Waals surface area contributed by atoms with E-state index in [1.54, 1.807) is 18.2 Å². The lowest BCUT2D eigenvalue weighted by atomic mass is 10.1. The third-order valence-corrected chi connectivity index (χ3v) is 9.99. The summed E-state index contributed by atoms with van der Waals surface area (Å²) in [6.07, 6.45) is -3.63. The first-order valence-corrected chi connectivity index (χ1v) is 15.3. The molecule has 9 nitrogen and oxygen atoms in total. The van der Waals surface area contributed by atoms with Gasteiger partial charge in [-0.2, -0.15) is 13.2 Å². The van der Waals surface area contributed by atoms with Crippen LogP contribution in [0.5, 0.6) is 5.75 Å². The molecule has 0 unspecified atom stereocenters. The number of carboxylic acids is 1. The smallest absolute Gasteiger partial charge is 0.416 e. The molecule has 1 aliphatic rings. The van der Waals surface area contributed by atoms with Crippen LogP contribution in [0.15, 0.2) is 48.5 Å². The third-order valence-electron chi connectivity index (χ3n) is 6.47. The highest BCUT2D eigenvalue weighted by atomic mass is 35.5. The molecule has 1 aliphatic heterocycles. The summed E-state index contributed by atoms with van der Waals surface area (Å²) in [5.74, 6) is -2.57. The monoisotopic (exact) mass is 646 g/mol. The van der Waals surface area contributed by atoms with Crippen molar-refractivity contribution in [2.75, 3.05) is 32.1 Å². The van der Waals surface area contributed by atoms with Crippen molar-refractivity contribution < 1.29 is 45.8 Å². The molecule has 3 aromatic rings. The van der Waals surface area contributed by atoms with Crippen LogP contribution in [0.3, 0.4) is 0 Å². The van der Waals surface area contributed by atoms with E-state index in [9.17, 15) is 31.2 Å². The van der Waals surface area contributed by atoms with Gasteiger partial charge in [0, 0.05) is 24.8 Å². The summed E-state index contributed by atoms with van der Waals surface area (Å²) in [7, 11) is -2.64. The van der Waals surface area contributed by atoms with Gasteiger partial charge in [-0.15, -0.1) is 11.3 Å². The molecule has 2 aromatic carbocycles. The molecule has 0 aliphatic carbocycles. The van der Waals surface area contributed by atoms with Gasteiger partial charge in [-0.25, -0.2) is 22.3 Å². The van der Waals surface area contributed by atoms with E-state index < -0.39 is 46.1 Å². The van der Waals surface area contributed by atoms with E-state index in [1.807, 2.05) is 6.07 Å². The number of anilines is 1. The Bertz CT molecular complexity index is 1570. The fraction of sp³-hybridized carbons (Fsp3) is 0.333. The minimum absolute atomic E-state index is 0.0239. The van der Waals surface area contributed by atoms with Gasteiger partial charge < -0.3 is 19.9 Å². The fourth-order valence-corrected chi connectivity index (χ4v) is 7.51.